The first-order valence-electron chi connectivity index (χ1n) is 6.74. The number of aromatic carboxylic acids is 1. The molecular weight excluding hydrogens is 335 g/mol. The lowest BCUT2D eigenvalue weighted by molar-refractivity contribution is -0.274. The number of carboxylic acid groups (broad SMARTS) is 1. The van der Waals surface area contributed by atoms with Crippen LogP contribution in [0.4, 0.5) is 13.2 Å². The number of rotatable bonds is 7. The number of aliphatic hydroxyl groups excluding tert-OH is 2. The molecule has 0 aliphatic heterocycles. The monoisotopic (exact) mass is 351 g/mol. The quantitative estimate of drug-likeness (QED) is 0.587. The van der Waals surface area contributed by atoms with Crippen LogP contribution in [-0.2, 0) is 4.79 Å². The molecule has 0 bridgehead atoms. The molecule has 2 unspecified atom stereocenters. The van der Waals surface area contributed by atoms with E-state index in [0.717, 1.165) is 12.1 Å². The number of carboxylic acids is 1. The highest BCUT2D eigenvalue weighted by Crippen LogP contribution is 2.29. The SMILES string of the molecule is CC(=O)NCCC(O)C(O)c1cc(OC(F)(F)F)cc(C(=O)O)c1. The Labute approximate surface area is 134 Å². The second-order valence-electron chi connectivity index (χ2n) is 4.93. The van der Waals surface area contributed by atoms with Gasteiger partial charge in [-0.2, -0.15) is 0 Å². The fourth-order valence-electron chi connectivity index (χ4n) is 1.88. The van der Waals surface area contributed by atoms with E-state index in [2.05, 4.69) is 10.1 Å². The fourth-order valence-corrected chi connectivity index (χ4v) is 1.88. The number of halogens is 3. The number of carbonyl (C=O) groups excluding carboxylic acids is 1. The highest BCUT2D eigenvalue weighted by atomic mass is 19.4. The van der Waals surface area contributed by atoms with Gasteiger partial charge in [-0.15, -0.1) is 13.2 Å². The average Bonchev–Trinajstić information content (AvgIpc) is 2.43. The lowest BCUT2D eigenvalue weighted by Gasteiger charge is -2.20. The molecule has 4 N–H and O–H groups in total. The Morgan fingerprint density at radius 3 is 2.38 bits per heavy atom. The summed E-state index contributed by atoms with van der Waals surface area (Å²) in [7, 11) is 0. The van der Waals surface area contributed by atoms with Crippen molar-refractivity contribution >= 4 is 11.9 Å². The van der Waals surface area contributed by atoms with Crippen LogP contribution in [-0.4, -0.2) is 46.2 Å². The van der Waals surface area contributed by atoms with Gasteiger partial charge in [0, 0.05) is 13.5 Å². The van der Waals surface area contributed by atoms with Gasteiger partial charge in [-0.05, 0) is 30.2 Å². The first-order chi connectivity index (χ1) is 11.0. The lowest BCUT2D eigenvalue weighted by atomic mass is 9.99. The number of nitrogens with one attached hydrogen (secondary N) is 1. The molecule has 1 amide bonds. The zero-order chi connectivity index (χ0) is 18.5. The minimum absolute atomic E-state index is 0.0259. The largest absolute Gasteiger partial charge is 0.573 e. The van der Waals surface area contributed by atoms with Gasteiger partial charge < -0.3 is 25.4 Å². The third-order valence-corrected chi connectivity index (χ3v) is 2.93. The smallest absolute Gasteiger partial charge is 0.478 e. The molecule has 0 aliphatic carbocycles. The number of benzene rings is 1. The highest BCUT2D eigenvalue weighted by Gasteiger charge is 2.32. The average molecular weight is 351 g/mol. The van der Waals surface area contributed by atoms with Crippen LogP contribution >= 0.6 is 0 Å². The first-order valence-corrected chi connectivity index (χ1v) is 6.74. The van der Waals surface area contributed by atoms with E-state index in [0.29, 0.717) is 6.07 Å². The predicted molar refractivity (Wildman–Crippen MR) is 74.4 cm³/mol. The molecule has 0 saturated carbocycles. The molecule has 0 fully saturated rings. The van der Waals surface area contributed by atoms with Gasteiger partial charge in [0.15, 0.2) is 0 Å². The summed E-state index contributed by atoms with van der Waals surface area (Å²) in [5.74, 6) is -2.71. The van der Waals surface area contributed by atoms with Crippen LogP contribution in [0.1, 0.15) is 35.4 Å². The molecule has 1 aromatic rings. The van der Waals surface area contributed by atoms with Gasteiger partial charge in [0.2, 0.25) is 5.91 Å². The Morgan fingerprint density at radius 2 is 1.88 bits per heavy atom. The summed E-state index contributed by atoms with van der Waals surface area (Å²) in [4.78, 5) is 21.7. The summed E-state index contributed by atoms with van der Waals surface area (Å²) in [6.45, 7) is 1.28. The molecule has 0 spiro atoms. The number of alkyl halides is 3. The molecule has 7 nitrogen and oxygen atoms in total. The van der Waals surface area contributed by atoms with E-state index in [4.69, 9.17) is 5.11 Å². The molecule has 0 aliphatic rings. The molecule has 1 rings (SSSR count). The van der Waals surface area contributed by atoms with Gasteiger partial charge >= 0.3 is 12.3 Å². The molecular formula is C14H16F3NO6. The minimum Gasteiger partial charge on any atom is -0.478 e. The molecule has 24 heavy (non-hydrogen) atoms. The topological polar surface area (TPSA) is 116 Å². The van der Waals surface area contributed by atoms with E-state index < -0.39 is 35.9 Å². The van der Waals surface area contributed by atoms with Crippen LogP contribution in [0.2, 0.25) is 0 Å². The van der Waals surface area contributed by atoms with Crippen LogP contribution in [0.25, 0.3) is 0 Å². The summed E-state index contributed by atoms with van der Waals surface area (Å²) in [6.07, 6.45) is -8.22. The first kappa shape index (κ1) is 19.7. The molecule has 1 aromatic carbocycles. The van der Waals surface area contributed by atoms with Gasteiger partial charge in [0.25, 0.3) is 0 Å². The van der Waals surface area contributed by atoms with Crippen molar-refractivity contribution in [2.75, 3.05) is 6.54 Å². The third kappa shape index (κ3) is 6.42. The maximum Gasteiger partial charge on any atom is 0.573 e. The van der Waals surface area contributed by atoms with Gasteiger partial charge in [0.1, 0.15) is 11.9 Å². The summed E-state index contributed by atoms with van der Waals surface area (Å²) in [6, 6.07) is 2.36. The van der Waals surface area contributed by atoms with Crippen molar-refractivity contribution in [1.29, 1.82) is 0 Å². The molecule has 0 radical (unpaired) electrons. The Bertz CT molecular complexity index is 605. The normalized spacial score (nSPS) is 13.9. The van der Waals surface area contributed by atoms with Crippen molar-refractivity contribution in [1.82, 2.24) is 5.32 Å². The maximum atomic E-state index is 12.3. The van der Waals surface area contributed by atoms with Crippen LogP contribution in [0.15, 0.2) is 18.2 Å². The molecule has 2 atom stereocenters. The van der Waals surface area contributed by atoms with E-state index in [9.17, 15) is 33.0 Å². The third-order valence-electron chi connectivity index (χ3n) is 2.93. The van der Waals surface area contributed by atoms with E-state index >= 15 is 0 Å². The molecule has 0 heterocycles. The van der Waals surface area contributed by atoms with E-state index in [1.165, 1.54) is 6.92 Å². The van der Waals surface area contributed by atoms with E-state index in [1.807, 2.05) is 0 Å². The van der Waals surface area contributed by atoms with Crippen LogP contribution in [0.5, 0.6) is 5.75 Å². The van der Waals surface area contributed by atoms with Gasteiger partial charge in [0.05, 0.1) is 11.7 Å². The molecule has 134 valence electrons. The molecule has 0 saturated heterocycles. The van der Waals surface area contributed by atoms with Crippen molar-refractivity contribution in [3.63, 3.8) is 0 Å². The second-order valence-corrected chi connectivity index (χ2v) is 4.93. The number of aliphatic hydroxyl groups is 2. The number of hydrogen-bond acceptors (Lipinski definition) is 5. The zero-order valence-corrected chi connectivity index (χ0v) is 12.5. The number of amides is 1. The van der Waals surface area contributed by atoms with E-state index in [-0.39, 0.29) is 24.4 Å². The van der Waals surface area contributed by atoms with Crippen LogP contribution in [0.3, 0.4) is 0 Å². The lowest BCUT2D eigenvalue weighted by Crippen LogP contribution is -2.27. The van der Waals surface area contributed by atoms with Crippen LogP contribution in [0, 0.1) is 0 Å². The number of ether oxygens (including phenoxy) is 1. The summed E-state index contributed by atoms with van der Waals surface area (Å²) < 4.78 is 40.5. The summed E-state index contributed by atoms with van der Waals surface area (Å²) >= 11 is 0. The van der Waals surface area contributed by atoms with Crippen molar-refractivity contribution in [2.45, 2.75) is 31.9 Å². The maximum absolute atomic E-state index is 12.3. The number of hydrogen-bond donors (Lipinski definition) is 4. The summed E-state index contributed by atoms with van der Waals surface area (Å²) in [5.41, 5.74) is -0.802. The second kappa shape index (κ2) is 7.97. The predicted octanol–water partition coefficient (Wildman–Crippen LogP) is 1.20. The molecule has 10 heteroatoms. The minimum atomic E-state index is -5.04. The van der Waals surface area contributed by atoms with Crippen molar-refractivity contribution in [2.24, 2.45) is 0 Å². The van der Waals surface area contributed by atoms with Gasteiger partial charge in [-0.25, -0.2) is 4.79 Å². The Balaban J connectivity index is 2.99. The Morgan fingerprint density at radius 1 is 1.25 bits per heavy atom. The Hall–Kier alpha value is -2.33. The van der Waals surface area contributed by atoms with E-state index in [1.54, 1.807) is 0 Å². The summed E-state index contributed by atoms with van der Waals surface area (Å²) in [5, 5.41) is 31.1. The van der Waals surface area contributed by atoms with Crippen molar-refractivity contribution in [3.05, 3.63) is 29.3 Å². The standard InChI is InChI=1S/C14H16F3NO6/c1-7(19)18-3-2-11(20)12(21)8-4-9(13(22)23)6-10(5-8)24-14(15,16)17/h4-6,11-12,20-21H,2-3H2,1H3,(H,18,19)(H,22,23). The van der Waals surface area contributed by atoms with Crippen LogP contribution < -0.4 is 10.1 Å². The highest BCUT2D eigenvalue weighted by molar-refractivity contribution is 5.88. The molecule has 0 aromatic heterocycles. The van der Waals surface area contributed by atoms with Gasteiger partial charge in [-0.3, -0.25) is 4.79 Å². The number of carbonyl (C=O) groups is 2. The zero-order valence-electron chi connectivity index (χ0n) is 12.5. The van der Waals surface area contributed by atoms with Crippen molar-refractivity contribution in [3.8, 4) is 5.75 Å². The Kier molecular flexibility index (Phi) is 6.55. The fraction of sp³-hybridized carbons (Fsp3) is 0.429. The van der Waals surface area contributed by atoms with Crippen molar-refractivity contribution < 1.29 is 42.8 Å². The van der Waals surface area contributed by atoms with Gasteiger partial charge in [-0.1, -0.05) is 0 Å².